The third-order valence-corrected chi connectivity index (χ3v) is 5.64. The molecule has 6 nitrogen and oxygen atoms in total. The molecular formula is C20H19N3O3S. The van der Waals surface area contributed by atoms with E-state index in [4.69, 9.17) is 4.74 Å². The Kier molecular flexibility index (Phi) is 4.53. The predicted octanol–water partition coefficient (Wildman–Crippen LogP) is 3.91. The van der Waals surface area contributed by atoms with Gasteiger partial charge in [0.25, 0.3) is 0 Å². The van der Waals surface area contributed by atoms with E-state index in [-0.39, 0.29) is 6.03 Å². The minimum atomic E-state index is -0.708. The predicted molar refractivity (Wildman–Crippen MR) is 105 cm³/mol. The summed E-state index contributed by atoms with van der Waals surface area (Å²) >= 11 is 1.41. The van der Waals surface area contributed by atoms with Gasteiger partial charge in [-0.2, -0.15) is 0 Å². The molecule has 2 aromatic carbocycles. The Balaban J connectivity index is 1.64. The molecule has 3 aromatic rings. The molecule has 7 heteroatoms. The van der Waals surface area contributed by atoms with Crippen molar-refractivity contribution in [2.75, 3.05) is 18.5 Å². The minimum absolute atomic E-state index is 0.226. The number of carbonyl (C=O) groups excluding carboxylic acids is 2. The third kappa shape index (κ3) is 3.14. The van der Waals surface area contributed by atoms with Crippen molar-refractivity contribution in [3.8, 4) is 0 Å². The first-order valence-electron chi connectivity index (χ1n) is 8.77. The van der Waals surface area contributed by atoms with Crippen LogP contribution in [0.4, 0.5) is 9.93 Å². The molecule has 1 saturated heterocycles. The fourth-order valence-corrected chi connectivity index (χ4v) is 4.17. The number of hydrogen-bond donors (Lipinski definition) is 0. The smallest absolute Gasteiger partial charge is 0.340 e. The first-order chi connectivity index (χ1) is 13.1. The standard InChI is InChI=1S/C20H19N3O3S/c1-3-13-8-4-5-9-14(13)18(24)26-17-12-22(2)20(25)23(17)19-21-15-10-6-7-11-16(15)27-19/h4-11,17H,3,12H2,1-2H3. The van der Waals surface area contributed by atoms with Gasteiger partial charge in [-0.25, -0.2) is 19.5 Å². The van der Waals surface area contributed by atoms with Crippen molar-refractivity contribution in [1.82, 2.24) is 9.88 Å². The van der Waals surface area contributed by atoms with Crippen molar-refractivity contribution < 1.29 is 14.3 Å². The van der Waals surface area contributed by atoms with Gasteiger partial charge in [-0.15, -0.1) is 0 Å². The van der Waals surface area contributed by atoms with Crippen molar-refractivity contribution in [3.05, 3.63) is 59.7 Å². The Morgan fingerprint density at radius 1 is 1.22 bits per heavy atom. The lowest BCUT2D eigenvalue weighted by molar-refractivity contribution is 0.0330. The van der Waals surface area contributed by atoms with E-state index in [0.717, 1.165) is 22.2 Å². The maximum absolute atomic E-state index is 12.7. The Labute approximate surface area is 161 Å². The van der Waals surface area contributed by atoms with Gasteiger partial charge in [0.2, 0.25) is 6.23 Å². The maximum Gasteiger partial charge on any atom is 0.340 e. The van der Waals surface area contributed by atoms with Gasteiger partial charge >= 0.3 is 12.0 Å². The van der Waals surface area contributed by atoms with Gasteiger partial charge in [-0.3, -0.25) is 0 Å². The van der Waals surface area contributed by atoms with E-state index in [1.165, 1.54) is 21.1 Å². The summed E-state index contributed by atoms with van der Waals surface area (Å²) in [6, 6.07) is 14.8. The molecule has 1 unspecified atom stereocenters. The average molecular weight is 381 g/mol. The molecular weight excluding hydrogens is 362 g/mol. The van der Waals surface area contributed by atoms with E-state index < -0.39 is 12.2 Å². The first-order valence-corrected chi connectivity index (χ1v) is 9.59. The summed E-state index contributed by atoms with van der Waals surface area (Å²) in [6.07, 6.45) is 0.0246. The fraction of sp³-hybridized carbons (Fsp3) is 0.250. The number of aromatic nitrogens is 1. The highest BCUT2D eigenvalue weighted by molar-refractivity contribution is 7.22. The van der Waals surface area contributed by atoms with Crippen LogP contribution in [-0.4, -0.2) is 41.7 Å². The molecule has 4 rings (SSSR count). The normalized spacial score (nSPS) is 17.0. The number of esters is 1. The molecule has 0 aliphatic carbocycles. The molecule has 0 saturated carbocycles. The van der Waals surface area contributed by atoms with Crippen LogP contribution in [-0.2, 0) is 11.2 Å². The fourth-order valence-electron chi connectivity index (χ4n) is 3.17. The Morgan fingerprint density at radius 3 is 2.74 bits per heavy atom. The van der Waals surface area contributed by atoms with Crippen molar-refractivity contribution in [3.63, 3.8) is 0 Å². The summed E-state index contributed by atoms with van der Waals surface area (Å²) in [4.78, 5) is 33.0. The highest BCUT2D eigenvalue weighted by Gasteiger charge is 2.40. The summed E-state index contributed by atoms with van der Waals surface area (Å²) < 4.78 is 6.72. The zero-order chi connectivity index (χ0) is 19.0. The van der Waals surface area contributed by atoms with Crippen LogP contribution in [0.15, 0.2) is 48.5 Å². The van der Waals surface area contributed by atoms with Crippen molar-refractivity contribution in [2.45, 2.75) is 19.6 Å². The largest absolute Gasteiger partial charge is 0.435 e. The van der Waals surface area contributed by atoms with Crippen LogP contribution in [0.1, 0.15) is 22.8 Å². The number of benzene rings is 2. The maximum atomic E-state index is 12.7. The molecule has 2 amide bonds. The quantitative estimate of drug-likeness (QED) is 0.643. The number of rotatable bonds is 4. The van der Waals surface area contributed by atoms with E-state index in [1.807, 2.05) is 49.4 Å². The lowest BCUT2D eigenvalue weighted by atomic mass is 10.1. The number of anilines is 1. The van der Waals surface area contributed by atoms with Gasteiger partial charge in [0.15, 0.2) is 5.13 Å². The van der Waals surface area contributed by atoms with E-state index in [0.29, 0.717) is 17.2 Å². The number of fused-ring (bicyclic) bond motifs is 1. The minimum Gasteiger partial charge on any atom is -0.435 e. The van der Waals surface area contributed by atoms with Crippen LogP contribution in [0.25, 0.3) is 10.2 Å². The van der Waals surface area contributed by atoms with E-state index in [2.05, 4.69) is 4.98 Å². The molecule has 1 fully saturated rings. The Hall–Kier alpha value is -2.93. The van der Waals surface area contributed by atoms with Gasteiger partial charge < -0.3 is 9.64 Å². The second-order valence-corrected chi connectivity index (χ2v) is 7.38. The third-order valence-electron chi connectivity index (χ3n) is 4.60. The molecule has 0 spiro atoms. The number of urea groups is 1. The van der Waals surface area contributed by atoms with Crippen LogP contribution in [0.5, 0.6) is 0 Å². The van der Waals surface area contributed by atoms with Gasteiger partial charge in [0.05, 0.1) is 22.3 Å². The number of hydrogen-bond acceptors (Lipinski definition) is 5. The van der Waals surface area contributed by atoms with Gasteiger partial charge in [-0.05, 0) is 30.2 Å². The number of ether oxygens (including phenoxy) is 1. The Morgan fingerprint density at radius 2 is 1.96 bits per heavy atom. The summed E-state index contributed by atoms with van der Waals surface area (Å²) in [7, 11) is 1.69. The highest BCUT2D eigenvalue weighted by Crippen LogP contribution is 2.33. The lowest BCUT2D eigenvalue weighted by Gasteiger charge is -2.20. The second kappa shape index (κ2) is 7.00. The number of para-hydroxylation sites is 1. The van der Waals surface area contributed by atoms with Gasteiger partial charge in [-0.1, -0.05) is 48.6 Å². The van der Waals surface area contributed by atoms with Crippen molar-refractivity contribution in [1.29, 1.82) is 0 Å². The number of likely N-dealkylation sites (N-methyl/N-ethyl adjacent to an activating group) is 1. The number of carbonyl (C=O) groups is 2. The molecule has 0 radical (unpaired) electrons. The van der Waals surface area contributed by atoms with Crippen LogP contribution < -0.4 is 4.90 Å². The summed E-state index contributed by atoms with van der Waals surface area (Å²) in [6.45, 7) is 2.29. The number of nitrogens with zero attached hydrogens (tertiary/aromatic N) is 3. The second-order valence-electron chi connectivity index (χ2n) is 6.37. The van der Waals surface area contributed by atoms with E-state index in [1.54, 1.807) is 13.1 Å². The molecule has 27 heavy (non-hydrogen) atoms. The van der Waals surface area contributed by atoms with Gasteiger partial charge in [0, 0.05) is 7.05 Å². The van der Waals surface area contributed by atoms with Crippen LogP contribution in [0, 0.1) is 0 Å². The molecule has 1 aliphatic heterocycles. The Bertz CT molecular complexity index is 983. The number of thiazole rings is 1. The molecule has 1 aliphatic rings. The topological polar surface area (TPSA) is 62.7 Å². The first kappa shape index (κ1) is 17.5. The molecule has 1 aromatic heterocycles. The average Bonchev–Trinajstić information content (AvgIpc) is 3.22. The number of aryl methyl sites for hydroxylation is 1. The molecule has 0 bridgehead atoms. The molecule has 1 atom stereocenters. The summed E-state index contributed by atoms with van der Waals surface area (Å²) in [5.41, 5.74) is 2.28. The zero-order valence-corrected chi connectivity index (χ0v) is 15.9. The lowest BCUT2D eigenvalue weighted by Crippen LogP contribution is -2.37. The van der Waals surface area contributed by atoms with E-state index in [9.17, 15) is 9.59 Å². The van der Waals surface area contributed by atoms with Crippen LogP contribution in [0.3, 0.4) is 0 Å². The summed E-state index contributed by atoms with van der Waals surface area (Å²) in [5, 5.41) is 0.534. The van der Waals surface area contributed by atoms with Crippen LogP contribution >= 0.6 is 11.3 Å². The van der Waals surface area contributed by atoms with Crippen molar-refractivity contribution >= 4 is 38.7 Å². The molecule has 138 valence electrons. The highest BCUT2D eigenvalue weighted by atomic mass is 32.1. The molecule has 2 heterocycles. The van der Waals surface area contributed by atoms with Crippen LogP contribution in [0.2, 0.25) is 0 Å². The number of amides is 2. The molecule has 0 N–H and O–H groups in total. The van der Waals surface area contributed by atoms with Crippen molar-refractivity contribution in [2.24, 2.45) is 0 Å². The SMILES string of the molecule is CCc1ccccc1C(=O)OC1CN(C)C(=O)N1c1nc2ccccc2s1. The van der Waals surface area contributed by atoms with E-state index >= 15 is 0 Å². The summed E-state index contributed by atoms with van der Waals surface area (Å²) in [5.74, 6) is -0.424. The van der Waals surface area contributed by atoms with Gasteiger partial charge in [0.1, 0.15) is 0 Å². The zero-order valence-electron chi connectivity index (χ0n) is 15.1. The monoisotopic (exact) mass is 381 g/mol.